The molecule has 3 N–H and O–H groups in total. The zero-order valence-electron chi connectivity index (χ0n) is 15.7. The number of rotatable bonds is 13. The summed E-state index contributed by atoms with van der Waals surface area (Å²) in [4.78, 5) is 25.4. The van der Waals surface area contributed by atoms with Crippen molar-refractivity contribution in [3.05, 3.63) is 0 Å². The van der Waals surface area contributed by atoms with Gasteiger partial charge in [0.2, 0.25) is 11.8 Å². The van der Waals surface area contributed by atoms with Crippen LogP contribution in [0.25, 0.3) is 0 Å². The molecular weight excluding hydrogens is 336 g/mol. The fourth-order valence-electron chi connectivity index (χ4n) is 2.80. The van der Waals surface area contributed by atoms with Crippen molar-refractivity contribution >= 4 is 11.8 Å². The van der Waals surface area contributed by atoms with Crippen molar-refractivity contribution in [1.82, 2.24) is 10.2 Å². The lowest BCUT2D eigenvalue weighted by Crippen LogP contribution is -2.45. The Hall–Kier alpha value is -1.69. The molecule has 0 spiro atoms. The van der Waals surface area contributed by atoms with Crippen molar-refractivity contribution in [3.8, 4) is 6.07 Å². The maximum Gasteiger partial charge on any atom is 0.245 e. The van der Waals surface area contributed by atoms with Gasteiger partial charge in [-0.2, -0.15) is 5.26 Å². The van der Waals surface area contributed by atoms with Crippen LogP contribution in [0.3, 0.4) is 0 Å². The summed E-state index contributed by atoms with van der Waals surface area (Å²) in [5.74, 6) is -0.299. The van der Waals surface area contributed by atoms with Gasteiger partial charge < -0.3 is 25.4 Å². The highest BCUT2D eigenvalue weighted by Crippen LogP contribution is 2.18. The second-order valence-electron chi connectivity index (χ2n) is 6.44. The first kappa shape index (κ1) is 22.4. The van der Waals surface area contributed by atoms with Gasteiger partial charge in [-0.05, 0) is 38.5 Å². The summed E-state index contributed by atoms with van der Waals surface area (Å²) in [6.45, 7) is 4.81. The number of carbonyl (C=O) groups is 2. The molecule has 0 radical (unpaired) electrons. The van der Waals surface area contributed by atoms with E-state index in [0.717, 1.165) is 32.1 Å². The predicted octanol–water partition coefficient (Wildman–Crippen LogP) is 0.558. The first-order valence-electron chi connectivity index (χ1n) is 9.48. The second kappa shape index (κ2) is 13.5. The van der Waals surface area contributed by atoms with Crippen LogP contribution in [0.4, 0.5) is 0 Å². The van der Waals surface area contributed by atoms with E-state index in [1.807, 2.05) is 6.92 Å². The molecule has 1 aliphatic heterocycles. The molecule has 0 aromatic carbocycles. The summed E-state index contributed by atoms with van der Waals surface area (Å²) < 4.78 is 10.5. The number of unbranched alkanes of at least 4 members (excludes halogenated alkanes) is 1. The highest BCUT2D eigenvalue weighted by Gasteiger charge is 2.31. The normalized spacial score (nSPS) is 17.7. The molecule has 1 saturated heterocycles. The average molecular weight is 368 g/mol. The van der Waals surface area contributed by atoms with Crippen LogP contribution in [0.2, 0.25) is 0 Å². The minimum Gasteiger partial charge on any atom is -0.379 e. The summed E-state index contributed by atoms with van der Waals surface area (Å²) in [5.41, 5.74) is 5.95. The number of likely N-dealkylation sites (tertiary alicyclic amines) is 1. The van der Waals surface area contributed by atoms with E-state index < -0.39 is 6.04 Å². The molecule has 148 valence electrons. The van der Waals surface area contributed by atoms with Crippen LogP contribution >= 0.6 is 0 Å². The van der Waals surface area contributed by atoms with Crippen molar-refractivity contribution in [1.29, 1.82) is 5.26 Å². The van der Waals surface area contributed by atoms with Crippen LogP contribution < -0.4 is 11.1 Å². The topological polar surface area (TPSA) is 118 Å². The Kier molecular flexibility index (Phi) is 11.6. The van der Waals surface area contributed by atoms with Gasteiger partial charge >= 0.3 is 0 Å². The molecule has 8 heteroatoms. The molecule has 0 aromatic heterocycles. The van der Waals surface area contributed by atoms with E-state index >= 15 is 0 Å². The monoisotopic (exact) mass is 368 g/mol. The SMILES string of the molecule is CCCOCCOCC(=O)NCCCC[C@H](N)C(=O)N1CCC[C@H]1C#N. The van der Waals surface area contributed by atoms with Gasteiger partial charge in [0.05, 0.1) is 25.3 Å². The first-order chi connectivity index (χ1) is 12.6. The smallest absolute Gasteiger partial charge is 0.245 e. The Morgan fingerprint density at radius 1 is 1.31 bits per heavy atom. The zero-order valence-corrected chi connectivity index (χ0v) is 15.7. The van der Waals surface area contributed by atoms with Gasteiger partial charge in [0.25, 0.3) is 0 Å². The third-order valence-corrected chi connectivity index (χ3v) is 4.22. The van der Waals surface area contributed by atoms with Crippen molar-refractivity contribution in [2.45, 2.75) is 57.5 Å². The lowest BCUT2D eigenvalue weighted by Gasteiger charge is -2.23. The van der Waals surface area contributed by atoms with Gasteiger partial charge in [0, 0.05) is 19.7 Å². The minimum absolute atomic E-state index is 0.0258. The number of nitrogens with zero attached hydrogens (tertiary/aromatic N) is 2. The number of nitrogens with one attached hydrogen (secondary N) is 1. The molecule has 1 aliphatic rings. The third kappa shape index (κ3) is 8.61. The van der Waals surface area contributed by atoms with Crippen LogP contribution in [0.1, 0.15) is 45.4 Å². The Morgan fingerprint density at radius 2 is 2.08 bits per heavy atom. The van der Waals surface area contributed by atoms with Gasteiger partial charge in [-0.25, -0.2) is 0 Å². The highest BCUT2D eigenvalue weighted by molar-refractivity contribution is 5.82. The summed E-state index contributed by atoms with van der Waals surface area (Å²) in [7, 11) is 0. The standard InChI is InChI=1S/C18H32N4O4/c1-2-10-25-11-12-26-14-17(23)21-8-4-3-7-16(20)18(24)22-9-5-6-15(22)13-19/h15-16H,2-12,14,20H2,1H3,(H,21,23)/t15-,16-/m0/s1. The molecule has 0 aromatic rings. The lowest BCUT2D eigenvalue weighted by atomic mass is 10.1. The maximum atomic E-state index is 12.3. The molecule has 2 amide bonds. The van der Waals surface area contributed by atoms with E-state index in [4.69, 9.17) is 20.5 Å². The Bertz CT molecular complexity index is 467. The number of hydrogen-bond acceptors (Lipinski definition) is 6. The largest absolute Gasteiger partial charge is 0.379 e. The first-order valence-corrected chi connectivity index (χ1v) is 9.48. The molecule has 0 saturated carbocycles. The Morgan fingerprint density at radius 3 is 2.81 bits per heavy atom. The molecule has 0 bridgehead atoms. The van der Waals surface area contributed by atoms with Gasteiger partial charge in [-0.3, -0.25) is 9.59 Å². The summed E-state index contributed by atoms with van der Waals surface area (Å²) in [5, 5.41) is 11.8. The predicted molar refractivity (Wildman–Crippen MR) is 97.1 cm³/mol. The Balaban J connectivity index is 2.03. The molecule has 1 rings (SSSR count). The van der Waals surface area contributed by atoms with Gasteiger partial charge in [-0.1, -0.05) is 6.92 Å². The number of nitriles is 1. The molecular formula is C18H32N4O4. The Labute approximate surface area is 156 Å². The second-order valence-corrected chi connectivity index (χ2v) is 6.44. The van der Waals surface area contributed by atoms with Crippen molar-refractivity contribution < 1.29 is 19.1 Å². The average Bonchev–Trinajstić information content (AvgIpc) is 3.12. The minimum atomic E-state index is -0.578. The molecule has 1 fully saturated rings. The fraction of sp³-hybridized carbons (Fsp3) is 0.833. The van der Waals surface area contributed by atoms with Crippen LogP contribution in [0.5, 0.6) is 0 Å². The van der Waals surface area contributed by atoms with E-state index in [0.29, 0.717) is 39.3 Å². The number of hydrogen-bond donors (Lipinski definition) is 2. The van der Waals surface area contributed by atoms with Gasteiger partial charge in [-0.15, -0.1) is 0 Å². The number of amides is 2. The van der Waals surface area contributed by atoms with Crippen molar-refractivity contribution in [2.24, 2.45) is 5.73 Å². The lowest BCUT2D eigenvalue weighted by molar-refractivity contribution is -0.132. The van der Waals surface area contributed by atoms with E-state index in [-0.39, 0.29) is 24.5 Å². The van der Waals surface area contributed by atoms with Crippen molar-refractivity contribution in [2.75, 3.05) is 39.5 Å². The van der Waals surface area contributed by atoms with Crippen LogP contribution in [-0.4, -0.2) is 68.3 Å². The molecule has 8 nitrogen and oxygen atoms in total. The fourth-order valence-corrected chi connectivity index (χ4v) is 2.80. The van der Waals surface area contributed by atoms with E-state index in [2.05, 4.69) is 11.4 Å². The quantitative estimate of drug-likeness (QED) is 0.459. The van der Waals surface area contributed by atoms with Crippen LogP contribution in [-0.2, 0) is 19.1 Å². The molecule has 26 heavy (non-hydrogen) atoms. The van der Waals surface area contributed by atoms with Crippen LogP contribution in [0.15, 0.2) is 0 Å². The van der Waals surface area contributed by atoms with E-state index in [1.165, 1.54) is 0 Å². The molecule has 0 unspecified atom stereocenters. The summed E-state index contributed by atoms with van der Waals surface area (Å²) in [6.07, 6.45) is 4.59. The third-order valence-electron chi connectivity index (χ3n) is 4.22. The van der Waals surface area contributed by atoms with Gasteiger partial charge in [0.1, 0.15) is 12.6 Å². The van der Waals surface area contributed by atoms with E-state index in [9.17, 15) is 9.59 Å². The molecule has 0 aliphatic carbocycles. The number of ether oxygens (including phenoxy) is 2. The highest BCUT2D eigenvalue weighted by atomic mass is 16.5. The number of nitrogens with two attached hydrogens (primary N) is 1. The maximum absolute atomic E-state index is 12.3. The molecule has 2 atom stereocenters. The summed E-state index contributed by atoms with van der Waals surface area (Å²) >= 11 is 0. The van der Waals surface area contributed by atoms with E-state index in [1.54, 1.807) is 4.90 Å². The van der Waals surface area contributed by atoms with Crippen molar-refractivity contribution in [3.63, 3.8) is 0 Å². The van der Waals surface area contributed by atoms with Gasteiger partial charge in [0.15, 0.2) is 0 Å². The number of carbonyl (C=O) groups excluding carboxylic acids is 2. The molecule has 1 heterocycles. The summed E-state index contributed by atoms with van der Waals surface area (Å²) in [6, 6.07) is 1.24. The zero-order chi connectivity index (χ0) is 19.2. The van der Waals surface area contributed by atoms with Crippen LogP contribution in [0, 0.1) is 11.3 Å².